The largest absolute Gasteiger partial charge is 0.461 e. The zero-order valence-corrected chi connectivity index (χ0v) is 16.7. The molecule has 1 aromatic carbocycles. The first kappa shape index (κ1) is 22.7. The van der Waals surface area contributed by atoms with E-state index in [1.165, 1.54) is 10.8 Å². The molecule has 7 nitrogen and oxygen atoms in total. The molecule has 3 aromatic rings. The summed E-state index contributed by atoms with van der Waals surface area (Å²) in [7, 11) is 0. The quantitative estimate of drug-likeness (QED) is 0.546. The number of hydrogen-bond acceptors (Lipinski definition) is 4. The summed E-state index contributed by atoms with van der Waals surface area (Å²) in [5.41, 5.74) is -4.45. The number of alkyl halides is 6. The van der Waals surface area contributed by atoms with Gasteiger partial charge in [-0.05, 0) is 43.2 Å². The van der Waals surface area contributed by atoms with E-state index in [1.807, 2.05) is 0 Å². The van der Waals surface area contributed by atoms with Crippen molar-refractivity contribution in [2.75, 3.05) is 6.54 Å². The van der Waals surface area contributed by atoms with E-state index in [0.717, 1.165) is 17.5 Å². The van der Waals surface area contributed by atoms with Crippen LogP contribution >= 0.6 is 0 Å². The van der Waals surface area contributed by atoms with Gasteiger partial charge in [0.2, 0.25) is 5.82 Å². The smallest absolute Gasteiger partial charge is 0.416 e. The van der Waals surface area contributed by atoms with Crippen LogP contribution in [0.25, 0.3) is 11.6 Å². The molecule has 0 radical (unpaired) electrons. The van der Waals surface area contributed by atoms with E-state index in [1.54, 1.807) is 12.1 Å². The van der Waals surface area contributed by atoms with Crippen LogP contribution in [-0.4, -0.2) is 26.8 Å². The van der Waals surface area contributed by atoms with Gasteiger partial charge in [-0.2, -0.15) is 26.3 Å². The van der Waals surface area contributed by atoms with Crippen LogP contribution in [0.15, 0.2) is 45.8 Å². The molecule has 0 unspecified atom stereocenters. The van der Waals surface area contributed by atoms with Gasteiger partial charge in [-0.1, -0.05) is 0 Å². The van der Waals surface area contributed by atoms with Gasteiger partial charge in [0, 0.05) is 18.2 Å². The van der Waals surface area contributed by atoms with E-state index >= 15 is 0 Å². The number of nitrogens with zero attached hydrogens (tertiary/aromatic N) is 3. The Kier molecular flexibility index (Phi) is 5.58. The predicted octanol–water partition coefficient (Wildman–Crippen LogP) is 4.11. The summed E-state index contributed by atoms with van der Waals surface area (Å²) in [6, 6.07) is 3.84. The normalized spacial score (nSPS) is 14.5. The fourth-order valence-electron chi connectivity index (χ4n) is 3.26. The summed E-state index contributed by atoms with van der Waals surface area (Å²) in [6.07, 6.45) is -7.15. The Morgan fingerprint density at radius 2 is 1.73 bits per heavy atom. The van der Waals surface area contributed by atoms with E-state index in [-0.39, 0.29) is 25.2 Å². The Bertz CT molecular complexity index is 1190. The summed E-state index contributed by atoms with van der Waals surface area (Å²) >= 11 is 0. The molecular formula is C20H16F6N4O3. The molecule has 2 aromatic heterocycles. The Morgan fingerprint density at radius 3 is 2.24 bits per heavy atom. The molecule has 1 aliphatic rings. The van der Waals surface area contributed by atoms with Crippen molar-refractivity contribution in [3.05, 3.63) is 63.8 Å². The maximum absolute atomic E-state index is 13.0. The zero-order valence-electron chi connectivity index (χ0n) is 16.7. The Hall–Kier alpha value is -3.51. The van der Waals surface area contributed by atoms with Crippen LogP contribution in [0.5, 0.6) is 0 Å². The molecule has 0 bridgehead atoms. The fraction of sp³-hybridized carbons (Fsp3) is 0.350. The maximum atomic E-state index is 13.0. The summed E-state index contributed by atoms with van der Waals surface area (Å²) in [5.74, 6) is -0.482. The maximum Gasteiger partial charge on any atom is 0.416 e. The lowest BCUT2D eigenvalue weighted by Crippen LogP contribution is -2.32. The third-order valence-electron chi connectivity index (χ3n) is 4.98. The fourth-order valence-corrected chi connectivity index (χ4v) is 3.26. The van der Waals surface area contributed by atoms with Crippen LogP contribution in [0.2, 0.25) is 0 Å². The number of rotatable bonds is 6. The van der Waals surface area contributed by atoms with Gasteiger partial charge >= 0.3 is 18.0 Å². The second-order valence-corrected chi connectivity index (χ2v) is 7.46. The number of amides is 1. The molecule has 2 heterocycles. The number of benzene rings is 1. The van der Waals surface area contributed by atoms with Crippen molar-refractivity contribution in [1.29, 1.82) is 0 Å². The van der Waals surface area contributed by atoms with Gasteiger partial charge in [-0.3, -0.25) is 9.36 Å². The van der Waals surface area contributed by atoms with E-state index in [4.69, 9.17) is 4.42 Å². The van der Waals surface area contributed by atoms with Crippen LogP contribution in [0.1, 0.15) is 40.4 Å². The third kappa shape index (κ3) is 4.81. The van der Waals surface area contributed by atoms with E-state index in [0.29, 0.717) is 23.7 Å². The molecule has 0 spiro atoms. The summed E-state index contributed by atoms with van der Waals surface area (Å²) in [4.78, 5) is 25.0. The highest BCUT2D eigenvalue weighted by atomic mass is 19.4. The van der Waals surface area contributed by atoms with Crippen LogP contribution in [0.3, 0.4) is 0 Å². The summed E-state index contributed by atoms with van der Waals surface area (Å²) < 4.78 is 85.7. The van der Waals surface area contributed by atoms with Gasteiger partial charge in [0.05, 0.1) is 23.9 Å². The van der Waals surface area contributed by atoms with Crippen molar-refractivity contribution in [2.45, 2.75) is 37.8 Å². The number of aromatic nitrogens is 3. The third-order valence-corrected chi connectivity index (χ3v) is 4.98. The van der Waals surface area contributed by atoms with E-state index in [2.05, 4.69) is 10.4 Å². The number of carbonyl (C=O) groups is 1. The molecular weight excluding hydrogens is 458 g/mol. The number of nitrogens with one attached hydrogen (secondary N) is 1. The second kappa shape index (κ2) is 8.12. The first-order chi connectivity index (χ1) is 15.4. The highest BCUT2D eigenvalue weighted by Gasteiger charge is 2.37. The average molecular weight is 474 g/mol. The standard InChI is InChI=1S/C20H16F6N4O3/c21-19(22,23)12-8-11(9-13(10-12)20(24,25)26)17(31)27-5-6-29-18(32)30(14-3-4-14)16(28-29)15-2-1-7-33-15/h1-2,7-10,14H,3-6H2,(H,27,31). The highest BCUT2D eigenvalue weighted by Crippen LogP contribution is 2.37. The minimum Gasteiger partial charge on any atom is -0.461 e. The molecule has 0 saturated heterocycles. The molecule has 13 heteroatoms. The topological polar surface area (TPSA) is 82.1 Å². The first-order valence-corrected chi connectivity index (χ1v) is 9.76. The lowest BCUT2D eigenvalue weighted by molar-refractivity contribution is -0.143. The zero-order chi connectivity index (χ0) is 24.0. The molecule has 176 valence electrons. The van der Waals surface area contributed by atoms with Crippen molar-refractivity contribution in [2.24, 2.45) is 0 Å². The van der Waals surface area contributed by atoms with Crippen LogP contribution in [0, 0.1) is 0 Å². The molecule has 1 N–H and O–H groups in total. The predicted molar refractivity (Wildman–Crippen MR) is 101 cm³/mol. The van der Waals surface area contributed by atoms with Gasteiger partial charge in [0.25, 0.3) is 5.91 Å². The monoisotopic (exact) mass is 474 g/mol. The summed E-state index contributed by atoms with van der Waals surface area (Å²) in [6.45, 7) is -0.404. The van der Waals surface area contributed by atoms with Crippen molar-refractivity contribution in [3.63, 3.8) is 0 Å². The van der Waals surface area contributed by atoms with E-state index < -0.39 is 40.6 Å². The molecule has 1 saturated carbocycles. The van der Waals surface area contributed by atoms with Crippen molar-refractivity contribution >= 4 is 5.91 Å². The van der Waals surface area contributed by atoms with Gasteiger partial charge in [-0.15, -0.1) is 5.10 Å². The van der Waals surface area contributed by atoms with Crippen LogP contribution in [-0.2, 0) is 18.9 Å². The van der Waals surface area contributed by atoms with Crippen molar-refractivity contribution in [3.8, 4) is 11.6 Å². The Balaban J connectivity index is 1.51. The Morgan fingerprint density at radius 1 is 1.09 bits per heavy atom. The van der Waals surface area contributed by atoms with Gasteiger partial charge < -0.3 is 9.73 Å². The second-order valence-electron chi connectivity index (χ2n) is 7.46. The minimum atomic E-state index is -5.07. The summed E-state index contributed by atoms with van der Waals surface area (Å²) in [5, 5.41) is 6.43. The number of hydrogen-bond donors (Lipinski definition) is 1. The van der Waals surface area contributed by atoms with Gasteiger partial charge in [0.1, 0.15) is 0 Å². The average Bonchev–Trinajstić information content (AvgIpc) is 3.30. The number of furan rings is 1. The molecule has 0 aliphatic heterocycles. The molecule has 1 fully saturated rings. The lowest BCUT2D eigenvalue weighted by atomic mass is 10.0. The Labute approximate surface area is 181 Å². The molecule has 1 aliphatic carbocycles. The highest BCUT2D eigenvalue weighted by molar-refractivity contribution is 5.94. The molecule has 4 rings (SSSR count). The van der Waals surface area contributed by atoms with Crippen LogP contribution in [0.4, 0.5) is 26.3 Å². The number of carbonyl (C=O) groups excluding carboxylic acids is 1. The SMILES string of the molecule is O=C(NCCn1nc(-c2ccco2)n(C2CC2)c1=O)c1cc(C(F)(F)F)cc(C(F)(F)F)c1. The molecule has 33 heavy (non-hydrogen) atoms. The first-order valence-electron chi connectivity index (χ1n) is 9.76. The van der Waals surface area contributed by atoms with Gasteiger partial charge in [-0.25, -0.2) is 9.48 Å². The molecule has 0 atom stereocenters. The minimum absolute atomic E-state index is 0.0353. The van der Waals surface area contributed by atoms with Crippen molar-refractivity contribution in [1.82, 2.24) is 19.7 Å². The van der Waals surface area contributed by atoms with Gasteiger partial charge in [0.15, 0.2) is 5.76 Å². The van der Waals surface area contributed by atoms with Crippen molar-refractivity contribution < 1.29 is 35.6 Å². The lowest BCUT2D eigenvalue weighted by Gasteiger charge is -2.14. The number of halogens is 6. The molecule has 1 amide bonds. The van der Waals surface area contributed by atoms with E-state index in [9.17, 15) is 35.9 Å². The van der Waals surface area contributed by atoms with Crippen LogP contribution < -0.4 is 11.0 Å².